The lowest BCUT2D eigenvalue weighted by Gasteiger charge is -2.34. The van der Waals surface area contributed by atoms with Crippen LogP contribution >= 0.6 is 0 Å². The molecule has 0 unspecified atom stereocenters. The Morgan fingerprint density at radius 2 is 1.59 bits per heavy atom. The number of nitrogens with zero attached hydrogens (tertiary/aromatic N) is 4. The standard InChI is InChI=1S/C22H26N6O/c1-26-12-14-28(15-13-26)19-10-8-18(9-11-19)23-22(29)24-21-16-20(27(2)25-21)17-6-4-3-5-7-17/h3-11,16H,12-15H2,1-2H3,(H2,23,24,25,29). The summed E-state index contributed by atoms with van der Waals surface area (Å²) in [5, 5.41) is 10.1. The van der Waals surface area contributed by atoms with Gasteiger partial charge in [-0.15, -0.1) is 0 Å². The highest BCUT2D eigenvalue weighted by Gasteiger charge is 2.14. The van der Waals surface area contributed by atoms with E-state index in [1.54, 1.807) is 4.68 Å². The summed E-state index contributed by atoms with van der Waals surface area (Å²) < 4.78 is 1.76. The molecule has 7 heteroatoms. The number of benzene rings is 2. The number of likely N-dealkylation sites (N-methyl/N-ethyl adjacent to an activating group) is 1. The molecule has 1 saturated heterocycles. The van der Waals surface area contributed by atoms with E-state index in [4.69, 9.17) is 0 Å². The normalized spacial score (nSPS) is 14.6. The lowest BCUT2D eigenvalue weighted by molar-refractivity contribution is 0.262. The van der Waals surface area contributed by atoms with Crippen LogP contribution in [-0.4, -0.2) is 53.9 Å². The maximum atomic E-state index is 12.4. The van der Waals surface area contributed by atoms with E-state index in [-0.39, 0.29) is 6.03 Å². The summed E-state index contributed by atoms with van der Waals surface area (Å²) in [5.74, 6) is 0.512. The topological polar surface area (TPSA) is 65.4 Å². The summed E-state index contributed by atoms with van der Waals surface area (Å²) >= 11 is 0. The highest BCUT2D eigenvalue weighted by atomic mass is 16.2. The van der Waals surface area contributed by atoms with Gasteiger partial charge in [0.1, 0.15) is 0 Å². The summed E-state index contributed by atoms with van der Waals surface area (Å²) in [7, 11) is 4.01. The Morgan fingerprint density at radius 1 is 0.897 bits per heavy atom. The maximum Gasteiger partial charge on any atom is 0.324 e. The summed E-state index contributed by atoms with van der Waals surface area (Å²) in [6, 6.07) is 19.5. The molecule has 0 spiro atoms. The fourth-order valence-electron chi connectivity index (χ4n) is 3.51. The fraction of sp³-hybridized carbons (Fsp3) is 0.273. The highest BCUT2D eigenvalue weighted by Crippen LogP contribution is 2.22. The summed E-state index contributed by atoms with van der Waals surface area (Å²) in [6.45, 7) is 4.18. The van der Waals surface area contributed by atoms with Gasteiger partial charge >= 0.3 is 6.03 Å². The second-order valence-electron chi connectivity index (χ2n) is 7.32. The molecule has 0 aliphatic carbocycles. The molecule has 2 heterocycles. The van der Waals surface area contributed by atoms with E-state index in [9.17, 15) is 4.79 Å². The molecule has 150 valence electrons. The van der Waals surface area contributed by atoms with Crippen molar-refractivity contribution < 1.29 is 4.79 Å². The number of amides is 2. The van der Waals surface area contributed by atoms with Gasteiger partial charge in [-0.05, 0) is 36.9 Å². The molecule has 3 aromatic rings. The Labute approximate surface area is 170 Å². The van der Waals surface area contributed by atoms with Crippen molar-refractivity contribution in [2.24, 2.45) is 7.05 Å². The molecule has 1 fully saturated rings. The van der Waals surface area contributed by atoms with E-state index in [1.807, 2.05) is 55.6 Å². The zero-order valence-electron chi connectivity index (χ0n) is 16.8. The molecule has 1 aliphatic rings. The fourth-order valence-corrected chi connectivity index (χ4v) is 3.51. The first-order chi connectivity index (χ1) is 14.1. The van der Waals surface area contributed by atoms with Gasteiger partial charge in [0.05, 0.1) is 5.69 Å². The molecular formula is C22H26N6O. The lowest BCUT2D eigenvalue weighted by atomic mass is 10.1. The first-order valence-electron chi connectivity index (χ1n) is 9.79. The number of carbonyl (C=O) groups excluding carboxylic acids is 1. The van der Waals surface area contributed by atoms with Crippen LogP contribution < -0.4 is 15.5 Å². The SMILES string of the molecule is CN1CCN(c2ccc(NC(=O)Nc3cc(-c4ccccc4)n(C)n3)cc2)CC1. The molecule has 1 aliphatic heterocycles. The van der Waals surface area contributed by atoms with Crippen molar-refractivity contribution in [3.05, 3.63) is 60.7 Å². The molecule has 4 rings (SSSR count). The van der Waals surface area contributed by atoms with Gasteiger partial charge in [0.15, 0.2) is 5.82 Å². The van der Waals surface area contributed by atoms with Gasteiger partial charge in [0, 0.05) is 50.7 Å². The summed E-state index contributed by atoms with van der Waals surface area (Å²) in [5.41, 5.74) is 3.92. The molecule has 0 atom stereocenters. The zero-order chi connectivity index (χ0) is 20.2. The number of anilines is 3. The molecule has 0 radical (unpaired) electrons. The van der Waals surface area contributed by atoms with Crippen LogP contribution in [0.3, 0.4) is 0 Å². The van der Waals surface area contributed by atoms with Gasteiger partial charge in [0.2, 0.25) is 0 Å². The predicted molar refractivity (Wildman–Crippen MR) is 117 cm³/mol. The number of aromatic nitrogens is 2. The van der Waals surface area contributed by atoms with E-state index in [2.05, 4.69) is 44.7 Å². The van der Waals surface area contributed by atoms with Crippen molar-refractivity contribution in [3.63, 3.8) is 0 Å². The molecule has 0 bridgehead atoms. The van der Waals surface area contributed by atoms with Gasteiger partial charge in [0.25, 0.3) is 0 Å². The van der Waals surface area contributed by atoms with Crippen molar-refractivity contribution >= 4 is 23.2 Å². The summed E-state index contributed by atoms with van der Waals surface area (Å²) in [6.07, 6.45) is 0. The van der Waals surface area contributed by atoms with Crippen molar-refractivity contribution in [3.8, 4) is 11.3 Å². The minimum Gasteiger partial charge on any atom is -0.369 e. The van der Waals surface area contributed by atoms with Crippen LogP contribution in [0.4, 0.5) is 22.0 Å². The van der Waals surface area contributed by atoms with Crippen molar-refractivity contribution in [2.45, 2.75) is 0 Å². The largest absolute Gasteiger partial charge is 0.369 e. The van der Waals surface area contributed by atoms with Crippen LogP contribution in [-0.2, 0) is 7.05 Å². The Balaban J connectivity index is 1.36. The Morgan fingerprint density at radius 3 is 2.28 bits per heavy atom. The molecule has 29 heavy (non-hydrogen) atoms. The van der Waals surface area contributed by atoms with Crippen molar-refractivity contribution in [2.75, 3.05) is 48.8 Å². The van der Waals surface area contributed by atoms with Gasteiger partial charge in [-0.25, -0.2) is 4.79 Å². The van der Waals surface area contributed by atoms with Gasteiger partial charge in [-0.2, -0.15) is 5.10 Å². The van der Waals surface area contributed by atoms with E-state index in [0.717, 1.165) is 43.1 Å². The molecular weight excluding hydrogens is 364 g/mol. The zero-order valence-corrected chi connectivity index (χ0v) is 16.8. The number of rotatable bonds is 4. The third kappa shape index (κ3) is 4.57. The van der Waals surface area contributed by atoms with Crippen LogP contribution in [0.1, 0.15) is 0 Å². The van der Waals surface area contributed by atoms with Crippen LogP contribution in [0.2, 0.25) is 0 Å². The molecule has 7 nitrogen and oxygen atoms in total. The second kappa shape index (κ2) is 8.36. The Bertz CT molecular complexity index is 959. The van der Waals surface area contributed by atoms with Crippen molar-refractivity contribution in [1.82, 2.24) is 14.7 Å². The monoisotopic (exact) mass is 390 g/mol. The van der Waals surface area contributed by atoms with Crippen LogP contribution in [0.15, 0.2) is 60.7 Å². The first-order valence-corrected chi connectivity index (χ1v) is 9.79. The molecule has 2 amide bonds. The average molecular weight is 390 g/mol. The minimum atomic E-state index is -0.310. The van der Waals surface area contributed by atoms with E-state index in [1.165, 1.54) is 5.69 Å². The predicted octanol–water partition coefficient (Wildman–Crippen LogP) is 3.48. The number of piperazine rings is 1. The minimum absolute atomic E-state index is 0.310. The number of urea groups is 1. The van der Waals surface area contributed by atoms with E-state index >= 15 is 0 Å². The highest BCUT2D eigenvalue weighted by molar-refractivity contribution is 5.99. The lowest BCUT2D eigenvalue weighted by Crippen LogP contribution is -2.44. The summed E-state index contributed by atoms with van der Waals surface area (Å²) in [4.78, 5) is 17.1. The number of hydrogen-bond acceptors (Lipinski definition) is 4. The van der Waals surface area contributed by atoms with Crippen LogP contribution in [0.25, 0.3) is 11.3 Å². The average Bonchev–Trinajstić information content (AvgIpc) is 3.09. The third-order valence-electron chi connectivity index (χ3n) is 5.18. The number of aryl methyl sites for hydroxylation is 1. The number of nitrogens with one attached hydrogen (secondary N) is 2. The second-order valence-corrected chi connectivity index (χ2v) is 7.32. The van der Waals surface area contributed by atoms with Crippen LogP contribution in [0.5, 0.6) is 0 Å². The Kier molecular flexibility index (Phi) is 5.48. The van der Waals surface area contributed by atoms with E-state index in [0.29, 0.717) is 5.82 Å². The molecule has 0 saturated carbocycles. The molecule has 1 aromatic heterocycles. The first kappa shape index (κ1) is 19.0. The molecule has 2 aromatic carbocycles. The van der Waals surface area contributed by atoms with Gasteiger partial charge < -0.3 is 15.1 Å². The van der Waals surface area contributed by atoms with E-state index < -0.39 is 0 Å². The molecule has 2 N–H and O–H groups in total. The Hall–Kier alpha value is -3.32. The number of carbonyl (C=O) groups is 1. The number of hydrogen-bond donors (Lipinski definition) is 2. The smallest absolute Gasteiger partial charge is 0.324 e. The van der Waals surface area contributed by atoms with Crippen LogP contribution in [0, 0.1) is 0 Å². The quantitative estimate of drug-likeness (QED) is 0.716. The van der Waals surface area contributed by atoms with Gasteiger partial charge in [-0.3, -0.25) is 10.00 Å². The third-order valence-corrected chi connectivity index (χ3v) is 5.18. The maximum absolute atomic E-state index is 12.4. The van der Waals surface area contributed by atoms with Gasteiger partial charge in [-0.1, -0.05) is 30.3 Å². The van der Waals surface area contributed by atoms with Crippen molar-refractivity contribution in [1.29, 1.82) is 0 Å².